The maximum Gasteiger partial charge on any atom is 0.226 e. The first-order valence-corrected chi connectivity index (χ1v) is 4.44. The third-order valence-corrected chi connectivity index (χ3v) is 2.68. The van der Waals surface area contributed by atoms with Crippen molar-refractivity contribution in [2.45, 2.75) is 19.9 Å². The average Bonchev–Trinajstić information content (AvgIpc) is 2.30. The number of ether oxygens (including phenoxy) is 1. The van der Waals surface area contributed by atoms with Gasteiger partial charge >= 0.3 is 0 Å². The molecule has 0 N–H and O–H groups in total. The van der Waals surface area contributed by atoms with Crippen LogP contribution in [-0.4, -0.2) is 16.4 Å². The van der Waals surface area contributed by atoms with E-state index in [0.717, 1.165) is 35.6 Å². The molecule has 1 aromatic rings. The lowest BCUT2D eigenvalue weighted by atomic mass is 10.4. The van der Waals surface area contributed by atoms with Crippen LogP contribution in [0.1, 0.15) is 12.1 Å². The van der Waals surface area contributed by atoms with Gasteiger partial charge in [-0.2, -0.15) is 5.10 Å². The van der Waals surface area contributed by atoms with Gasteiger partial charge in [-0.05, 0) is 22.9 Å². The zero-order valence-corrected chi connectivity index (χ0v) is 7.89. The molecule has 0 saturated carbocycles. The lowest BCUT2D eigenvalue weighted by Crippen LogP contribution is -2.14. The molecule has 1 aliphatic rings. The van der Waals surface area contributed by atoms with E-state index < -0.39 is 0 Å². The SMILES string of the molecule is Cc1nn2c(c1Br)OCCC2. The van der Waals surface area contributed by atoms with E-state index in [2.05, 4.69) is 21.0 Å². The number of aryl methyl sites for hydroxylation is 2. The molecule has 3 nitrogen and oxygen atoms in total. The van der Waals surface area contributed by atoms with Gasteiger partial charge in [-0.3, -0.25) is 0 Å². The molecule has 0 fully saturated rings. The van der Waals surface area contributed by atoms with E-state index in [1.54, 1.807) is 0 Å². The molecule has 0 spiro atoms. The summed E-state index contributed by atoms with van der Waals surface area (Å²) in [4.78, 5) is 0. The first-order valence-electron chi connectivity index (χ1n) is 3.65. The van der Waals surface area contributed by atoms with E-state index in [1.165, 1.54) is 0 Å². The van der Waals surface area contributed by atoms with Crippen molar-refractivity contribution in [3.8, 4) is 5.88 Å². The van der Waals surface area contributed by atoms with Crippen LogP contribution in [0.2, 0.25) is 0 Å². The smallest absolute Gasteiger partial charge is 0.226 e. The minimum atomic E-state index is 0.809. The molecule has 0 unspecified atom stereocenters. The standard InChI is InChI=1S/C7H9BrN2O/c1-5-6(8)7-10(9-5)3-2-4-11-7/h2-4H2,1H3. The predicted molar refractivity (Wildman–Crippen MR) is 44.8 cm³/mol. The van der Waals surface area contributed by atoms with Gasteiger partial charge in [0.1, 0.15) is 4.47 Å². The number of nitrogens with zero attached hydrogens (tertiary/aromatic N) is 2. The van der Waals surface area contributed by atoms with Crippen LogP contribution in [0, 0.1) is 6.92 Å². The number of aromatic nitrogens is 2. The summed E-state index contributed by atoms with van der Waals surface area (Å²) >= 11 is 3.43. The van der Waals surface area contributed by atoms with Crippen LogP contribution >= 0.6 is 15.9 Å². The van der Waals surface area contributed by atoms with Gasteiger partial charge in [-0.25, -0.2) is 4.68 Å². The topological polar surface area (TPSA) is 27.1 Å². The van der Waals surface area contributed by atoms with E-state index in [0.29, 0.717) is 0 Å². The van der Waals surface area contributed by atoms with Gasteiger partial charge in [0.05, 0.1) is 12.3 Å². The third-order valence-electron chi connectivity index (χ3n) is 1.76. The van der Waals surface area contributed by atoms with Crippen molar-refractivity contribution in [1.82, 2.24) is 9.78 Å². The maximum absolute atomic E-state index is 5.43. The van der Waals surface area contributed by atoms with E-state index in [1.807, 2.05) is 11.6 Å². The predicted octanol–water partition coefficient (Wildman–Crippen LogP) is 1.74. The van der Waals surface area contributed by atoms with Crippen molar-refractivity contribution in [2.24, 2.45) is 0 Å². The maximum atomic E-state index is 5.43. The normalized spacial score (nSPS) is 15.8. The summed E-state index contributed by atoms with van der Waals surface area (Å²) in [5.74, 6) is 0.883. The van der Waals surface area contributed by atoms with E-state index >= 15 is 0 Å². The summed E-state index contributed by atoms with van der Waals surface area (Å²) in [6, 6.07) is 0. The van der Waals surface area contributed by atoms with Gasteiger partial charge in [-0.15, -0.1) is 0 Å². The summed E-state index contributed by atoms with van der Waals surface area (Å²) < 4.78 is 8.33. The molecule has 11 heavy (non-hydrogen) atoms. The Morgan fingerprint density at radius 2 is 2.45 bits per heavy atom. The highest BCUT2D eigenvalue weighted by molar-refractivity contribution is 9.10. The zero-order valence-electron chi connectivity index (χ0n) is 6.30. The van der Waals surface area contributed by atoms with Crippen molar-refractivity contribution in [1.29, 1.82) is 0 Å². The minimum Gasteiger partial charge on any atom is -0.477 e. The van der Waals surface area contributed by atoms with Crippen LogP contribution in [0.15, 0.2) is 4.47 Å². The molecule has 1 aliphatic heterocycles. The molecule has 0 radical (unpaired) electrons. The van der Waals surface area contributed by atoms with Crippen molar-refractivity contribution in [2.75, 3.05) is 6.61 Å². The molecule has 2 rings (SSSR count). The van der Waals surface area contributed by atoms with Crippen molar-refractivity contribution in [3.63, 3.8) is 0 Å². The number of fused-ring (bicyclic) bond motifs is 1. The lowest BCUT2D eigenvalue weighted by Gasteiger charge is -2.14. The summed E-state index contributed by atoms with van der Waals surface area (Å²) in [5.41, 5.74) is 1.00. The van der Waals surface area contributed by atoms with Crippen LogP contribution in [0.3, 0.4) is 0 Å². The van der Waals surface area contributed by atoms with Crippen LogP contribution in [0.25, 0.3) is 0 Å². The Labute approximate surface area is 73.5 Å². The molecular formula is C7H9BrN2O. The highest BCUT2D eigenvalue weighted by atomic mass is 79.9. The second-order valence-electron chi connectivity index (χ2n) is 2.63. The van der Waals surface area contributed by atoms with Gasteiger partial charge in [0.25, 0.3) is 0 Å². The largest absolute Gasteiger partial charge is 0.477 e. The Morgan fingerprint density at radius 1 is 1.64 bits per heavy atom. The molecule has 0 saturated heterocycles. The second-order valence-corrected chi connectivity index (χ2v) is 3.42. The fourth-order valence-electron chi connectivity index (χ4n) is 1.21. The Hall–Kier alpha value is -0.510. The van der Waals surface area contributed by atoms with Crippen molar-refractivity contribution >= 4 is 15.9 Å². The molecule has 4 heteroatoms. The van der Waals surface area contributed by atoms with E-state index in [9.17, 15) is 0 Å². The minimum absolute atomic E-state index is 0.809. The Balaban J connectivity index is 2.50. The van der Waals surface area contributed by atoms with Gasteiger partial charge in [-0.1, -0.05) is 0 Å². The molecule has 0 aromatic carbocycles. The fourth-order valence-corrected chi connectivity index (χ4v) is 1.61. The van der Waals surface area contributed by atoms with Gasteiger partial charge in [0.2, 0.25) is 5.88 Å². The van der Waals surface area contributed by atoms with Crippen molar-refractivity contribution < 1.29 is 4.74 Å². The highest BCUT2D eigenvalue weighted by Crippen LogP contribution is 2.30. The molecule has 0 bridgehead atoms. The summed E-state index contributed by atoms with van der Waals surface area (Å²) in [6.07, 6.45) is 1.06. The van der Waals surface area contributed by atoms with E-state index in [4.69, 9.17) is 4.74 Å². The van der Waals surface area contributed by atoms with E-state index in [-0.39, 0.29) is 0 Å². The van der Waals surface area contributed by atoms with Crippen LogP contribution < -0.4 is 4.74 Å². The Kier molecular flexibility index (Phi) is 1.64. The van der Waals surface area contributed by atoms with Crippen molar-refractivity contribution in [3.05, 3.63) is 10.2 Å². The molecule has 0 aliphatic carbocycles. The molecule has 1 aromatic heterocycles. The zero-order chi connectivity index (χ0) is 7.84. The van der Waals surface area contributed by atoms with Crippen LogP contribution in [-0.2, 0) is 6.54 Å². The number of rotatable bonds is 0. The summed E-state index contributed by atoms with van der Waals surface area (Å²) in [5, 5.41) is 4.30. The lowest BCUT2D eigenvalue weighted by molar-refractivity contribution is 0.229. The molecular weight excluding hydrogens is 208 g/mol. The Morgan fingerprint density at radius 3 is 3.18 bits per heavy atom. The second kappa shape index (κ2) is 2.52. The summed E-state index contributed by atoms with van der Waals surface area (Å²) in [6.45, 7) is 3.75. The quantitative estimate of drug-likeness (QED) is 0.661. The van der Waals surface area contributed by atoms with Gasteiger partial charge in [0.15, 0.2) is 0 Å². The first kappa shape index (κ1) is 7.16. The molecule has 2 heterocycles. The number of hydrogen-bond donors (Lipinski definition) is 0. The number of hydrogen-bond acceptors (Lipinski definition) is 2. The van der Waals surface area contributed by atoms with Gasteiger partial charge in [0, 0.05) is 13.0 Å². The monoisotopic (exact) mass is 216 g/mol. The first-order chi connectivity index (χ1) is 5.29. The summed E-state index contributed by atoms with van der Waals surface area (Å²) in [7, 11) is 0. The highest BCUT2D eigenvalue weighted by Gasteiger charge is 2.16. The fraction of sp³-hybridized carbons (Fsp3) is 0.571. The third kappa shape index (κ3) is 1.05. The van der Waals surface area contributed by atoms with Gasteiger partial charge < -0.3 is 4.74 Å². The number of halogens is 1. The molecule has 60 valence electrons. The van der Waals surface area contributed by atoms with Crippen LogP contribution in [0.4, 0.5) is 0 Å². The molecule has 0 atom stereocenters. The van der Waals surface area contributed by atoms with Crippen LogP contribution in [0.5, 0.6) is 5.88 Å². The Bertz CT molecular complexity index is 282. The molecule has 0 amide bonds. The average molecular weight is 217 g/mol.